The smallest absolute Gasteiger partial charge is 0.338 e. The van der Waals surface area contributed by atoms with E-state index in [2.05, 4.69) is 29.2 Å². The third kappa shape index (κ3) is 3.56. The van der Waals surface area contributed by atoms with Crippen LogP contribution < -0.4 is 10.1 Å². The summed E-state index contributed by atoms with van der Waals surface area (Å²) in [6.07, 6.45) is 2.47. The fourth-order valence-corrected chi connectivity index (χ4v) is 2.93. The van der Waals surface area contributed by atoms with E-state index in [1.807, 2.05) is 31.2 Å². The van der Waals surface area contributed by atoms with Crippen LogP contribution in [0.5, 0.6) is 5.75 Å². The Bertz CT molecular complexity index is 808. The Balaban J connectivity index is 1.89. The lowest BCUT2D eigenvalue weighted by atomic mass is 9.96. The Hall–Kier alpha value is -2.83. The number of benzene rings is 1. The minimum atomic E-state index is -0.397. The lowest BCUT2D eigenvalue weighted by molar-refractivity contribution is -0.136. The SMILES string of the molecule is COC(=O)C1=C(C)Nc2ncnn2C1c1ccc(OCCC(C)C)cc1. The molecule has 0 amide bonds. The van der Waals surface area contributed by atoms with Crippen molar-refractivity contribution in [1.29, 1.82) is 0 Å². The van der Waals surface area contributed by atoms with E-state index in [9.17, 15) is 4.79 Å². The van der Waals surface area contributed by atoms with Crippen molar-refractivity contribution in [2.24, 2.45) is 5.92 Å². The van der Waals surface area contributed by atoms with Crippen molar-refractivity contribution in [3.05, 3.63) is 47.4 Å². The van der Waals surface area contributed by atoms with Gasteiger partial charge in [-0.15, -0.1) is 0 Å². The van der Waals surface area contributed by atoms with Gasteiger partial charge in [0.25, 0.3) is 0 Å². The molecule has 1 aromatic heterocycles. The van der Waals surface area contributed by atoms with Crippen molar-refractivity contribution in [1.82, 2.24) is 14.8 Å². The van der Waals surface area contributed by atoms with E-state index >= 15 is 0 Å². The highest BCUT2D eigenvalue weighted by Gasteiger charge is 2.33. The fraction of sp³-hybridized carbons (Fsp3) is 0.421. The maximum atomic E-state index is 12.4. The Kier molecular flexibility index (Phi) is 5.25. The number of allylic oxidation sites excluding steroid dienone is 1. The molecule has 26 heavy (non-hydrogen) atoms. The summed E-state index contributed by atoms with van der Waals surface area (Å²) < 4.78 is 12.4. The highest BCUT2D eigenvalue weighted by atomic mass is 16.5. The summed E-state index contributed by atoms with van der Waals surface area (Å²) >= 11 is 0. The van der Waals surface area contributed by atoms with Gasteiger partial charge < -0.3 is 14.8 Å². The number of methoxy groups -OCH3 is 1. The minimum absolute atomic E-state index is 0.390. The molecule has 1 aliphatic rings. The molecule has 1 aliphatic heterocycles. The predicted molar refractivity (Wildman–Crippen MR) is 97.9 cm³/mol. The summed E-state index contributed by atoms with van der Waals surface area (Å²) in [6, 6.07) is 7.33. The predicted octanol–water partition coefficient (Wildman–Crippen LogP) is 3.16. The Morgan fingerprint density at radius 2 is 2.04 bits per heavy atom. The summed E-state index contributed by atoms with van der Waals surface area (Å²) in [7, 11) is 1.38. The molecule has 0 spiro atoms. The van der Waals surface area contributed by atoms with Gasteiger partial charge in [0, 0.05) is 5.70 Å². The average Bonchev–Trinajstić information content (AvgIpc) is 3.08. The van der Waals surface area contributed by atoms with Gasteiger partial charge in [0.05, 0.1) is 19.3 Å². The second-order valence-corrected chi connectivity index (χ2v) is 6.69. The van der Waals surface area contributed by atoms with E-state index in [-0.39, 0.29) is 0 Å². The van der Waals surface area contributed by atoms with E-state index in [1.165, 1.54) is 13.4 Å². The van der Waals surface area contributed by atoms with Crippen LogP contribution in [-0.2, 0) is 9.53 Å². The lowest BCUT2D eigenvalue weighted by Crippen LogP contribution is -2.29. The highest BCUT2D eigenvalue weighted by molar-refractivity contribution is 5.92. The van der Waals surface area contributed by atoms with Crippen LogP contribution in [-0.4, -0.2) is 34.5 Å². The first-order valence-electron chi connectivity index (χ1n) is 8.69. The number of hydrogen-bond donors (Lipinski definition) is 1. The zero-order valence-corrected chi connectivity index (χ0v) is 15.5. The van der Waals surface area contributed by atoms with E-state index < -0.39 is 12.0 Å². The first-order chi connectivity index (χ1) is 12.5. The normalized spacial score (nSPS) is 16.3. The Morgan fingerprint density at radius 1 is 1.31 bits per heavy atom. The van der Waals surface area contributed by atoms with Crippen LogP contribution in [0.3, 0.4) is 0 Å². The first kappa shape index (κ1) is 18.0. The molecule has 7 nitrogen and oxygen atoms in total. The largest absolute Gasteiger partial charge is 0.494 e. The molecule has 2 aromatic rings. The molecule has 138 valence electrons. The highest BCUT2D eigenvalue weighted by Crippen LogP contribution is 2.35. The topological polar surface area (TPSA) is 78.3 Å². The van der Waals surface area contributed by atoms with Gasteiger partial charge >= 0.3 is 5.97 Å². The van der Waals surface area contributed by atoms with Crippen molar-refractivity contribution < 1.29 is 14.3 Å². The van der Waals surface area contributed by atoms with Crippen molar-refractivity contribution in [2.45, 2.75) is 33.2 Å². The van der Waals surface area contributed by atoms with Gasteiger partial charge in [-0.3, -0.25) is 0 Å². The van der Waals surface area contributed by atoms with E-state index in [0.29, 0.717) is 29.7 Å². The molecular weight excluding hydrogens is 332 g/mol. The summed E-state index contributed by atoms with van der Waals surface area (Å²) in [6.45, 7) is 6.86. The summed E-state index contributed by atoms with van der Waals surface area (Å²) in [5.74, 6) is 1.61. The maximum absolute atomic E-state index is 12.4. The number of ether oxygens (including phenoxy) is 2. The maximum Gasteiger partial charge on any atom is 0.338 e. The Morgan fingerprint density at radius 3 is 2.69 bits per heavy atom. The number of rotatable bonds is 6. The number of carbonyl (C=O) groups excluding carboxylic acids is 1. The van der Waals surface area contributed by atoms with Crippen LogP contribution in [0.1, 0.15) is 38.8 Å². The van der Waals surface area contributed by atoms with Crippen molar-refractivity contribution in [2.75, 3.05) is 19.0 Å². The standard InChI is InChI=1S/C19H24N4O3/c1-12(2)9-10-26-15-7-5-14(6-8-15)17-16(18(24)25-4)13(3)22-19-20-11-21-23(17)19/h5-8,11-12,17H,9-10H2,1-4H3,(H,20,21,22). The first-order valence-corrected chi connectivity index (χ1v) is 8.69. The second kappa shape index (κ2) is 7.59. The third-order valence-corrected chi connectivity index (χ3v) is 4.36. The number of anilines is 1. The number of nitrogens with one attached hydrogen (secondary N) is 1. The molecule has 2 heterocycles. The van der Waals surface area contributed by atoms with Crippen LogP contribution in [0.15, 0.2) is 41.9 Å². The van der Waals surface area contributed by atoms with Gasteiger partial charge in [-0.2, -0.15) is 10.1 Å². The van der Waals surface area contributed by atoms with Gasteiger partial charge in [0.2, 0.25) is 5.95 Å². The van der Waals surface area contributed by atoms with Crippen LogP contribution in [0, 0.1) is 5.92 Å². The molecule has 0 fully saturated rings. The molecule has 0 aliphatic carbocycles. The summed E-state index contributed by atoms with van der Waals surface area (Å²) in [5.41, 5.74) is 2.13. The third-order valence-electron chi connectivity index (χ3n) is 4.36. The van der Waals surface area contributed by atoms with Gasteiger partial charge in [0.1, 0.15) is 18.1 Å². The number of nitrogens with zero attached hydrogens (tertiary/aromatic N) is 3. The molecule has 1 N–H and O–H groups in total. The van der Waals surface area contributed by atoms with E-state index in [0.717, 1.165) is 17.7 Å². The lowest BCUT2D eigenvalue weighted by Gasteiger charge is -2.28. The zero-order chi connectivity index (χ0) is 18.7. The van der Waals surface area contributed by atoms with Crippen molar-refractivity contribution in [3.8, 4) is 5.75 Å². The minimum Gasteiger partial charge on any atom is -0.494 e. The van der Waals surface area contributed by atoms with Crippen molar-refractivity contribution in [3.63, 3.8) is 0 Å². The molecule has 1 atom stereocenters. The summed E-state index contributed by atoms with van der Waals surface area (Å²) in [4.78, 5) is 16.6. The van der Waals surface area contributed by atoms with Crippen LogP contribution in [0.4, 0.5) is 5.95 Å². The van der Waals surface area contributed by atoms with Crippen LogP contribution >= 0.6 is 0 Å². The van der Waals surface area contributed by atoms with Gasteiger partial charge in [-0.05, 0) is 37.0 Å². The van der Waals surface area contributed by atoms with Gasteiger partial charge in [0.15, 0.2) is 0 Å². The van der Waals surface area contributed by atoms with Crippen LogP contribution in [0.25, 0.3) is 0 Å². The van der Waals surface area contributed by atoms with Crippen LogP contribution in [0.2, 0.25) is 0 Å². The van der Waals surface area contributed by atoms with Crippen molar-refractivity contribution >= 4 is 11.9 Å². The molecule has 1 aromatic carbocycles. The monoisotopic (exact) mass is 356 g/mol. The van der Waals surface area contributed by atoms with E-state index in [4.69, 9.17) is 9.47 Å². The fourth-order valence-electron chi connectivity index (χ4n) is 2.93. The molecule has 0 bridgehead atoms. The molecule has 3 rings (SSSR count). The second-order valence-electron chi connectivity index (χ2n) is 6.69. The molecule has 1 unspecified atom stereocenters. The number of esters is 1. The van der Waals surface area contributed by atoms with Gasteiger partial charge in [-0.25, -0.2) is 9.48 Å². The zero-order valence-electron chi connectivity index (χ0n) is 15.5. The number of carbonyl (C=O) groups is 1. The Labute approximate surface area is 153 Å². The quantitative estimate of drug-likeness (QED) is 0.801. The molecule has 0 radical (unpaired) electrons. The van der Waals surface area contributed by atoms with Gasteiger partial charge in [-0.1, -0.05) is 26.0 Å². The molecule has 0 saturated carbocycles. The van der Waals surface area contributed by atoms with E-state index in [1.54, 1.807) is 4.68 Å². The number of aromatic nitrogens is 3. The number of hydrogen-bond acceptors (Lipinski definition) is 6. The molecule has 0 saturated heterocycles. The molecular formula is C19H24N4O3. The molecule has 7 heteroatoms. The average molecular weight is 356 g/mol. The summed E-state index contributed by atoms with van der Waals surface area (Å²) in [5, 5.41) is 7.38. The number of fused-ring (bicyclic) bond motifs is 1.